The SMILES string of the molecule is COc1cccc(/C=C2\SC(=S)N(CCCC(=O)Nc3ccccc3Cl)C2=O)c1. The Balaban J connectivity index is 1.55. The minimum Gasteiger partial charge on any atom is -0.497 e. The molecule has 1 aliphatic rings. The number of nitrogens with one attached hydrogen (secondary N) is 1. The van der Waals surface area contributed by atoms with Gasteiger partial charge in [0, 0.05) is 13.0 Å². The summed E-state index contributed by atoms with van der Waals surface area (Å²) in [5, 5.41) is 3.26. The summed E-state index contributed by atoms with van der Waals surface area (Å²) in [4.78, 5) is 26.9. The van der Waals surface area contributed by atoms with Crippen molar-refractivity contribution in [3.8, 4) is 5.75 Å². The Hall–Kier alpha value is -2.35. The highest BCUT2D eigenvalue weighted by atomic mass is 35.5. The zero-order valence-electron chi connectivity index (χ0n) is 15.7. The Morgan fingerprint density at radius 2 is 2.07 bits per heavy atom. The van der Waals surface area contributed by atoms with E-state index < -0.39 is 0 Å². The number of benzene rings is 2. The third-order valence-electron chi connectivity index (χ3n) is 4.20. The number of hydrogen-bond donors (Lipinski definition) is 1. The predicted molar refractivity (Wildman–Crippen MR) is 122 cm³/mol. The average Bonchev–Trinajstić information content (AvgIpc) is 2.97. The van der Waals surface area contributed by atoms with Gasteiger partial charge in [0.1, 0.15) is 10.1 Å². The molecule has 3 rings (SSSR count). The Bertz CT molecular complexity index is 978. The number of ether oxygens (including phenoxy) is 1. The maximum Gasteiger partial charge on any atom is 0.266 e. The van der Waals surface area contributed by atoms with E-state index in [1.165, 1.54) is 16.7 Å². The smallest absolute Gasteiger partial charge is 0.266 e. The zero-order chi connectivity index (χ0) is 20.8. The van der Waals surface area contributed by atoms with Crippen molar-refractivity contribution in [1.29, 1.82) is 0 Å². The summed E-state index contributed by atoms with van der Waals surface area (Å²) in [5.74, 6) is 0.420. The number of thioether (sulfide) groups is 1. The molecule has 2 aromatic rings. The average molecular weight is 447 g/mol. The van der Waals surface area contributed by atoms with Crippen LogP contribution in [0.3, 0.4) is 0 Å². The van der Waals surface area contributed by atoms with Crippen LogP contribution in [-0.2, 0) is 9.59 Å². The molecule has 2 amide bonds. The summed E-state index contributed by atoms with van der Waals surface area (Å²) in [7, 11) is 1.60. The zero-order valence-corrected chi connectivity index (χ0v) is 18.1. The van der Waals surface area contributed by atoms with Gasteiger partial charge in [0.25, 0.3) is 5.91 Å². The van der Waals surface area contributed by atoms with E-state index in [1.807, 2.05) is 24.3 Å². The second-order valence-electron chi connectivity index (χ2n) is 6.24. The van der Waals surface area contributed by atoms with Gasteiger partial charge in [0.15, 0.2) is 0 Å². The number of hydrogen-bond acceptors (Lipinski definition) is 5. The molecule has 0 unspecified atom stereocenters. The third kappa shape index (κ3) is 5.59. The van der Waals surface area contributed by atoms with Crippen molar-refractivity contribution in [2.75, 3.05) is 19.0 Å². The molecular formula is C21H19ClN2O3S2. The largest absolute Gasteiger partial charge is 0.497 e. The van der Waals surface area contributed by atoms with Crippen LogP contribution in [0.1, 0.15) is 18.4 Å². The van der Waals surface area contributed by atoms with Crippen molar-refractivity contribution in [3.05, 3.63) is 64.0 Å². The van der Waals surface area contributed by atoms with Crippen LogP contribution in [0.5, 0.6) is 5.75 Å². The highest BCUT2D eigenvalue weighted by Crippen LogP contribution is 2.33. The minimum absolute atomic E-state index is 0.144. The standard InChI is InChI=1S/C21H19ClN2O3S2/c1-27-15-7-4-6-14(12-15)13-18-20(26)24(21(28)29-18)11-5-10-19(25)23-17-9-3-2-8-16(17)22/h2-4,6-9,12-13H,5,10-11H2,1H3,(H,23,25)/b18-13-. The fraction of sp³-hybridized carbons (Fsp3) is 0.190. The number of carbonyl (C=O) groups is 2. The van der Waals surface area contributed by atoms with Crippen LogP contribution in [0.25, 0.3) is 6.08 Å². The molecule has 0 radical (unpaired) electrons. The Morgan fingerprint density at radius 1 is 1.28 bits per heavy atom. The second kappa shape index (κ2) is 9.91. The first-order valence-electron chi connectivity index (χ1n) is 8.92. The number of rotatable bonds is 7. The van der Waals surface area contributed by atoms with E-state index in [0.717, 1.165) is 11.3 Å². The van der Waals surface area contributed by atoms with E-state index in [-0.39, 0.29) is 18.2 Å². The van der Waals surface area contributed by atoms with Crippen molar-refractivity contribution in [2.45, 2.75) is 12.8 Å². The summed E-state index contributed by atoms with van der Waals surface area (Å²) in [6.45, 7) is 0.385. The van der Waals surface area contributed by atoms with E-state index in [0.29, 0.717) is 32.9 Å². The number of thiocarbonyl (C=S) groups is 1. The maximum atomic E-state index is 12.7. The van der Waals surface area contributed by atoms with Gasteiger partial charge in [-0.3, -0.25) is 14.5 Å². The van der Waals surface area contributed by atoms with Gasteiger partial charge in [0.05, 0.1) is 22.7 Å². The van der Waals surface area contributed by atoms with Crippen LogP contribution < -0.4 is 10.1 Å². The fourth-order valence-electron chi connectivity index (χ4n) is 2.75. The van der Waals surface area contributed by atoms with Gasteiger partial charge < -0.3 is 10.1 Å². The molecule has 0 spiro atoms. The van der Waals surface area contributed by atoms with Gasteiger partial charge in [-0.15, -0.1) is 0 Å². The molecule has 0 aromatic heterocycles. The van der Waals surface area contributed by atoms with Gasteiger partial charge in [-0.1, -0.05) is 59.8 Å². The molecular weight excluding hydrogens is 428 g/mol. The number of carbonyl (C=O) groups excluding carboxylic acids is 2. The summed E-state index contributed by atoms with van der Waals surface area (Å²) in [6, 6.07) is 14.5. The number of para-hydroxylation sites is 1. The quantitative estimate of drug-likeness (QED) is 0.480. The minimum atomic E-state index is -0.157. The van der Waals surface area contributed by atoms with E-state index in [9.17, 15) is 9.59 Å². The van der Waals surface area contributed by atoms with Gasteiger partial charge in [-0.2, -0.15) is 0 Å². The lowest BCUT2D eigenvalue weighted by Gasteiger charge is -2.14. The lowest BCUT2D eigenvalue weighted by Crippen LogP contribution is -2.29. The molecule has 5 nitrogen and oxygen atoms in total. The van der Waals surface area contributed by atoms with Crippen LogP contribution in [0.2, 0.25) is 5.02 Å². The molecule has 1 aliphatic heterocycles. The van der Waals surface area contributed by atoms with Crippen LogP contribution >= 0.6 is 35.6 Å². The normalized spacial score (nSPS) is 15.1. The molecule has 1 saturated heterocycles. The molecule has 1 fully saturated rings. The van der Waals surface area contributed by atoms with Gasteiger partial charge in [-0.25, -0.2) is 0 Å². The Labute approximate surface area is 184 Å². The van der Waals surface area contributed by atoms with Crippen LogP contribution in [0.15, 0.2) is 53.4 Å². The highest BCUT2D eigenvalue weighted by molar-refractivity contribution is 8.26. The first kappa shape index (κ1) is 21.4. The Morgan fingerprint density at radius 3 is 2.83 bits per heavy atom. The lowest BCUT2D eigenvalue weighted by molar-refractivity contribution is -0.122. The summed E-state index contributed by atoms with van der Waals surface area (Å²) < 4.78 is 5.71. The van der Waals surface area contributed by atoms with E-state index in [2.05, 4.69) is 5.32 Å². The van der Waals surface area contributed by atoms with E-state index in [1.54, 1.807) is 37.5 Å². The van der Waals surface area contributed by atoms with Crippen LogP contribution in [0.4, 0.5) is 5.69 Å². The molecule has 1 heterocycles. The van der Waals surface area contributed by atoms with Gasteiger partial charge >= 0.3 is 0 Å². The van der Waals surface area contributed by atoms with Crippen molar-refractivity contribution in [2.24, 2.45) is 0 Å². The molecule has 29 heavy (non-hydrogen) atoms. The summed E-state index contributed by atoms with van der Waals surface area (Å²) in [5.41, 5.74) is 1.44. The summed E-state index contributed by atoms with van der Waals surface area (Å²) >= 11 is 12.7. The first-order chi connectivity index (χ1) is 14.0. The predicted octanol–water partition coefficient (Wildman–Crippen LogP) is 4.97. The van der Waals surface area contributed by atoms with E-state index in [4.69, 9.17) is 28.6 Å². The van der Waals surface area contributed by atoms with Crippen LogP contribution in [-0.4, -0.2) is 34.7 Å². The number of nitrogens with zero attached hydrogens (tertiary/aromatic N) is 1. The fourth-order valence-corrected chi connectivity index (χ4v) is 4.24. The highest BCUT2D eigenvalue weighted by Gasteiger charge is 2.31. The van der Waals surface area contributed by atoms with Crippen LogP contribution in [0, 0.1) is 0 Å². The number of halogens is 1. The third-order valence-corrected chi connectivity index (χ3v) is 5.91. The number of anilines is 1. The molecule has 0 aliphatic carbocycles. The molecule has 0 bridgehead atoms. The number of amides is 2. The topological polar surface area (TPSA) is 58.6 Å². The molecule has 8 heteroatoms. The van der Waals surface area contributed by atoms with Crippen molar-refractivity contribution < 1.29 is 14.3 Å². The number of methoxy groups -OCH3 is 1. The first-order valence-corrected chi connectivity index (χ1v) is 10.5. The molecule has 0 saturated carbocycles. The van der Waals surface area contributed by atoms with Gasteiger partial charge in [-0.05, 0) is 42.3 Å². The van der Waals surface area contributed by atoms with Gasteiger partial charge in [0.2, 0.25) is 5.91 Å². The summed E-state index contributed by atoms with van der Waals surface area (Å²) in [6.07, 6.45) is 2.55. The van der Waals surface area contributed by atoms with E-state index >= 15 is 0 Å². The molecule has 2 aromatic carbocycles. The molecule has 0 atom stereocenters. The lowest BCUT2D eigenvalue weighted by atomic mass is 10.2. The Kier molecular flexibility index (Phi) is 7.30. The van der Waals surface area contributed by atoms with Crippen molar-refractivity contribution in [3.63, 3.8) is 0 Å². The van der Waals surface area contributed by atoms with Crippen molar-refractivity contribution in [1.82, 2.24) is 4.90 Å². The second-order valence-corrected chi connectivity index (χ2v) is 8.32. The maximum absolute atomic E-state index is 12.7. The van der Waals surface area contributed by atoms with Crippen molar-refractivity contribution >= 4 is 63.5 Å². The molecule has 150 valence electrons. The molecule has 1 N–H and O–H groups in total. The monoisotopic (exact) mass is 446 g/mol.